The van der Waals surface area contributed by atoms with Crippen molar-refractivity contribution in [3.63, 3.8) is 0 Å². The monoisotopic (exact) mass is 137 g/mol. The fraction of sp³-hybridized carbons (Fsp3) is 0. The van der Waals surface area contributed by atoms with Crippen molar-refractivity contribution in [1.82, 2.24) is 15.0 Å². The van der Waals surface area contributed by atoms with Gasteiger partial charge in [-0.3, -0.25) is 0 Å². The third-order valence-electron chi connectivity index (χ3n) is 0.619. The summed E-state index contributed by atoms with van der Waals surface area (Å²) >= 11 is 0. The van der Waals surface area contributed by atoms with E-state index in [4.69, 9.17) is 5.11 Å². The molecule has 5 nitrogen and oxygen atoms in total. The van der Waals surface area contributed by atoms with Crippen LogP contribution < -0.4 is 0 Å². The van der Waals surface area contributed by atoms with Gasteiger partial charge in [0.1, 0.15) is 0 Å². The maximum absolute atomic E-state index is 9.92. The van der Waals surface area contributed by atoms with Crippen LogP contribution in [-0.4, -0.2) is 55.8 Å². The zero-order valence-electron chi connectivity index (χ0n) is 3.85. The standard InChI is InChI=1S/C3H3N3O2.Na.H/c7-3(8)6-2-1-4-5-6;;/h1-2H,(H,7,8);;. The molecule has 44 valence electrons. The summed E-state index contributed by atoms with van der Waals surface area (Å²) in [6.45, 7) is 0. The molecule has 0 aliphatic heterocycles. The van der Waals surface area contributed by atoms with Gasteiger partial charge in [0.2, 0.25) is 0 Å². The van der Waals surface area contributed by atoms with Crippen LogP contribution in [0.4, 0.5) is 4.79 Å². The number of hydrogen-bond donors (Lipinski definition) is 1. The van der Waals surface area contributed by atoms with E-state index in [0.717, 1.165) is 4.68 Å². The molecule has 0 aromatic carbocycles. The minimum absolute atomic E-state index is 0. The van der Waals surface area contributed by atoms with Crippen LogP contribution in [0.1, 0.15) is 0 Å². The van der Waals surface area contributed by atoms with Gasteiger partial charge in [-0.2, -0.15) is 4.68 Å². The molecule has 0 unspecified atom stereocenters. The van der Waals surface area contributed by atoms with E-state index in [1.165, 1.54) is 12.4 Å². The van der Waals surface area contributed by atoms with Crippen molar-refractivity contribution in [3.8, 4) is 0 Å². The minimum atomic E-state index is -1.12. The molecule has 0 saturated carbocycles. The molecule has 1 aromatic heterocycles. The second-order valence-electron chi connectivity index (χ2n) is 1.13. The van der Waals surface area contributed by atoms with Crippen molar-refractivity contribution in [2.75, 3.05) is 0 Å². The zero-order valence-corrected chi connectivity index (χ0v) is 3.85. The molecular formula is C3H4N3NaO2. The summed E-state index contributed by atoms with van der Waals surface area (Å²) in [6.07, 6.45) is 1.43. The average molecular weight is 137 g/mol. The van der Waals surface area contributed by atoms with Gasteiger partial charge in [0.15, 0.2) is 0 Å². The Hall–Kier alpha value is -0.390. The van der Waals surface area contributed by atoms with Crippen LogP contribution in [0.3, 0.4) is 0 Å². The van der Waals surface area contributed by atoms with E-state index in [0.29, 0.717) is 0 Å². The Morgan fingerprint density at radius 2 is 2.33 bits per heavy atom. The molecule has 0 bridgehead atoms. The van der Waals surface area contributed by atoms with Gasteiger partial charge in [-0.1, -0.05) is 5.21 Å². The first kappa shape index (κ1) is 8.61. The van der Waals surface area contributed by atoms with Gasteiger partial charge in [-0.15, -0.1) is 5.10 Å². The Morgan fingerprint density at radius 1 is 1.67 bits per heavy atom. The molecule has 0 atom stereocenters. The van der Waals surface area contributed by atoms with Crippen LogP contribution in [-0.2, 0) is 0 Å². The van der Waals surface area contributed by atoms with Crippen LogP contribution in [0, 0.1) is 0 Å². The van der Waals surface area contributed by atoms with Crippen LogP contribution in [0.2, 0.25) is 0 Å². The first-order valence-electron chi connectivity index (χ1n) is 1.90. The molecule has 1 N–H and O–H groups in total. The number of rotatable bonds is 0. The van der Waals surface area contributed by atoms with Crippen molar-refractivity contribution < 1.29 is 9.90 Å². The summed E-state index contributed by atoms with van der Waals surface area (Å²) in [5.74, 6) is 0. The van der Waals surface area contributed by atoms with Gasteiger partial charge in [-0.25, -0.2) is 4.79 Å². The second kappa shape index (κ2) is 3.60. The first-order chi connectivity index (χ1) is 3.80. The van der Waals surface area contributed by atoms with Crippen molar-refractivity contribution in [2.45, 2.75) is 0 Å². The van der Waals surface area contributed by atoms with E-state index in [9.17, 15) is 4.79 Å². The van der Waals surface area contributed by atoms with Gasteiger partial charge in [-0.05, 0) is 0 Å². The van der Waals surface area contributed by atoms with Crippen molar-refractivity contribution >= 4 is 35.7 Å². The molecule has 0 radical (unpaired) electrons. The summed E-state index contributed by atoms with van der Waals surface area (Å²) in [6, 6.07) is 0. The van der Waals surface area contributed by atoms with Gasteiger partial charge in [0.25, 0.3) is 0 Å². The molecule has 0 aliphatic carbocycles. The zero-order chi connectivity index (χ0) is 5.98. The van der Waals surface area contributed by atoms with Crippen molar-refractivity contribution in [2.24, 2.45) is 0 Å². The Morgan fingerprint density at radius 3 is 2.56 bits per heavy atom. The van der Waals surface area contributed by atoms with E-state index in [1.54, 1.807) is 0 Å². The number of carbonyl (C=O) groups is 1. The molecule has 6 heteroatoms. The SMILES string of the molecule is O=C(O)n1ccnn1.[NaH]. The number of nitrogens with zero attached hydrogens (tertiary/aromatic N) is 3. The third-order valence-corrected chi connectivity index (χ3v) is 0.619. The third kappa shape index (κ3) is 2.13. The second-order valence-corrected chi connectivity index (χ2v) is 1.13. The van der Waals surface area contributed by atoms with Crippen LogP contribution in [0.5, 0.6) is 0 Å². The van der Waals surface area contributed by atoms with E-state index in [-0.39, 0.29) is 29.6 Å². The summed E-state index contributed by atoms with van der Waals surface area (Å²) < 4.78 is 0.722. The summed E-state index contributed by atoms with van der Waals surface area (Å²) in [7, 11) is 0. The Bertz CT molecular complexity index is 185. The van der Waals surface area contributed by atoms with Gasteiger partial charge < -0.3 is 5.11 Å². The average Bonchev–Trinajstić information content (AvgIpc) is 2.12. The molecule has 1 rings (SSSR count). The molecule has 0 aliphatic rings. The Labute approximate surface area is 73.0 Å². The molecule has 9 heavy (non-hydrogen) atoms. The normalized spacial score (nSPS) is 8.00. The fourth-order valence-corrected chi connectivity index (χ4v) is 0.310. The van der Waals surface area contributed by atoms with Crippen LogP contribution in [0.25, 0.3) is 0 Å². The summed E-state index contributed by atoms with van der Waals surface area (Å²) in [5, 5.41) is 14.6. The predicted octanol–water partition coefficient (Wildman–Crippen LogP) is -0.844. The molecule has 0 saturated heterocycles. The van der Waals surface area contributed by atoms with Gasteiger partial charge >= 0.3 is 35.7 Å². The Balaban J connectivity index is 0.000000640. The number of hydrogen-bond acceptors (Lipinski definition) is 3. The number of carboxylic acid groups (broad SMARTS) is 1. The molecule has 0 spiro atoms. The maximum atomic E-state index is 9.92. The molecular weight excluding hydrogens is 133 g/mol. The van der Waals surface area contributed by atoms with E-state index >= 15 is 0 Å². The summed E-state index contributed by atoms with van der Waals surface area (Å²) in [4.78, 5) is 9.92. The molecule has 0 fully saturated rings. The van der Waals surface area contributed by atoms with Crippen molar-refractivity contribution in [1.29, 1.82) is 0 Å². The topological polar surface area (TPSA) is 68.0 Å². The van der Waals surface area contributed by atoms with Gasteiger partial charge in [0.05, 0.1) is 12.4 Å². The van der Waals surface area contributed by atoms with E-state index in [2.05, 4.69) is 10.3 Å². The predicted molar refractivity (Wildman–Crippen MR) is 30.6 cm³/mol. The van der Waals surface area contributed by atoms with E-state index in [1.807, 2.05) is 0 Å². The van der Waals surface area contributed by atoms with E-state index < -0.39 is 6.09 Å². The first-order valence-corrected chi connectivity index (χ1v) is 1.90. The quantitative estimate of drug-likeness (QED) is 0.473. The molecule has 1 heterocycles. The van der Waals surface area contributed by atoms with Crippen LogP contribution in [0.15, 0.2) is 12.4 Å². The Kier molecular flexibility index (Phi) is 3.44. The fourth-order valence-electron chi connectivity index (χ4n) is 0.310. The van der Waals surface area contributed by atoms with Gasteiger partial charge in [0, 0.05) is 0 Å². The number of aromatic nitrogens is 3. The molecule has 0 amide bonds. The summed E-state index contributed by atoms with van der Waals surface area (Å²) in [5.41, 5.74) is 0. The van der Waals surface area contributed by atoms with Crippen molar-refractivity contribution in [3.05, 3.63) is 12.4 Å². The van der Waals surface area contributed by atoms with Crippen LogP contribution >= 0.6 is 0 Å². The molecule has 1 aromatic rings.